The lowest BCUT2D eigenvalue weighted by atomic mass is 10.2. The lowest BCUT2D eigenvalue weighted by Crippen LogP contribution is -2.11. The predicted molar refractivity (Wildman–Crippen MR) is 80.0 cm³/mol. The molecule has 0 aliphatic rings. The lowest BCUT2D eigenvalue weighted by molar-refractivity contribution is 0.733. The molecule has 0 aromatic carbocycles. The summed E-state index contributed by atoms with van der Waals surface area (Å²) in [4.78, 5) is 14.3. The van der Waals surface area contributed by atoms with Crippen molar-refractivity contribution in [1.82, 2.24) is 15.0 Å². The molecule has 102 valence electrons. The van der Waals surface area contributed by atoms with Crippen LogP contribution < -0.4 is 5.32 Å². The molecular weight excluding hydrogens is 280 g/mol. The Hall–Kier alpha value is -1.20. The van der Waals surface area contributed by atoms with Gasteiger partial charge in [-0.3, -0.25) is 0 Å². The van der Waals surface area contributed by atoms with Crippen LogP contribution in [-0.2, 0) is 0 Å². The van der Waals surface area contributed by atoms with Crippen LogP contribution in [0.3, 0.4) is 0 Å². The van der Waals surface area contributed by atoms with E-state index in [0.29, 0.717) is 16.7 Å². The van der Waals surface area contributed by atoms with Gasteiger partial charge in [-0.25, -0.2) is 15.0 Å². The summed E-state index contributed by atoms with van der Waals surface area (Å²) in [5, 5.41) is 4.97. The van der Waals surface area contributed by atoms with Crippen molar-refractivity contribution in [2.24, 2.45) is 0 Å². The van der Waals surface area contributed by atoms with Gasteiger partial charge in [0.05, 0.1) is 17.9 Å². The minimum atomic E-state index is 0.129. The second kappa shape index (κ2) is 5.84. The Morgan fingerprint density at radius 1 is 1.32 bits per heavy atom. The van der Waals surface area contributed by atoms with Gasteiger partial charge in [0.15, 0.2) is 0 Å². The fraction of sp³-hybridized carbons (Fsp3) is 0.462. The maximum absolute atomic E-state index is 6.12. The van der Waals surface area contributed by atoms with Crippen molar-refractivity contribution < 1.29 is 0 Å². The van der Waals surface area contributed by atoms with Gasteiger partial charge in [0.25, 0.3) is 0 Å². The number of anilines is 1. The van der Waals surface area contributed by atoms with Crippen LogP contribution in [0.4, 0.5) is 5.82 Å². The first kappa shape index (κ1) is 14.2. The highest BCUT2D eigenvalue weighted by Gasteiger charge is 2.16. The van der Waals surface area contributed by atoms with Crippen molar-refractivity contribution in [1.29, 1.82) is 0 Å². The molecule has 0 aliphatic heterocycles. The number of aromatic nitrogens is 3. The molecule has 1 unspecified atom stereocenters. The maximum atomic E-state index is 6.12. The fourth-order valence-corrected chi connectivity index (χ4v) is 2.91. The summed E-state index contributed by atoms with van der Waals surface area (Å²) in [5.41, 5.74) is 1.09. The molecule has 2 heterocycles. The van der Waals surface area contributed by atoms with Gasteiger partial charge in [-0.15, -0.1) is 11.3 Å². The summed E-state index contributed by atoms with van der Waals surface area (Å²) in [6, 6.07) is 0.129. The van der Waals surface area contributed by atoms with Gasteiger partial charge in [0, 0.05) is 4.88 Å². The molecule has 0 radical (unpaired) electrons. The molecule has 0 bridgehead atoms. The molecule has 0 saturated carbocycles. The molecule has 2 rings (SSSR count). The first-order valence-electron chi connectivity index (χ1n) is 6.20. The van der Waals surface area contributed by atoms with Crippen LogP contribution in [0.1, 0.15) is 40.8 Å². The van der Waals surface area contributed by atoms with Crippen LogP contribution in [0.2, 0.25) is 5.02 Å². The van der Waals surface area contributed by atoms with E-state index >= 15 is 0 Å². The van der Waals surface area contributed by atoms with Gasteiger partial charge in [-0.2, -0.15) is 0 Å². The highest BCUT2D eigenvalue weighted by Crippen LogP contribution is 2.29. The van der Waals surface area contributed by atoms with Crippen molar-refractivity contribution in [3.05, 3.63) is 32.6 Å². The van der Waals surface area contributed by atoms with Crippen LogP contribution in [0.15, 0.2) is 6.20 Å². The SMILES string of the molecule is CCC(Nc1nc(C)ncc1Cl)c1nc(C)c(C)s1. The highest BCUT2D eigenvalue weighted by molar-refractivity contribution is 7.11. The topological polar surface area (TPSA) is 50.7 Å². The zero-order chi connectivity index (χ0) is 14.0. The van der Waals surface area contributed by atoms with Crippen LogP contribution >= 0.6 is 22.9 Å². The maximum Gasteiger partial charge on any atom is 0.149 e. The Kier molecular flexibility index (Phi) is 4.37. The Labute approximate surface area is 122 Å². The number of hydrogen-bond donors (Lipinski definition) is 1. The first-order valence-corrected chi connectivity index (χ1v) is 7.40. The smallest absolute Gasteiger partial charge is 0.149 e. The van der Waals surface area contributed by atoms with E-state index in [2.05, 4.69) is 34.1 Å². The zero-order valence-corrected chi connectivity index (χ0v) is 13.1. The summed E-state index contributed by atoms with van der Waals surface area (Å²) in [7, 11) is 0. The zero-order valence-electron chi connectivity index (χ0n) is 11.5. The highest BCUT2D eigenvalue weighted by atomic mass is 35.5. The molecule has 4 nitrogen and oxygen atoms in total. The number of hydrogen-bond acceptors (Lipinski definition) is 5. The number of rotatable bonds is 4. The number of nitrogens with one attached hydrogen (secondary N) is 1. The summed E-state index contributed by atoms with van der Waals surface area (Å²) in [6.07, 6.45) is 2.54. The Balaban J connectivity index is 2.26. The van der Waals surface area contributed by atoms with Crippen molar-refractivity contribution >= 4 is 28.8 Å². The van der Waals surface area contributed by atoms with Gasteiger partial charge < -0.3 is 5.32 Å². The van der Waals surface area contributed by atoms with Gasteiger partial charge >= 0.3 is 0 Å². The quantitative estimate of drug-likeness (QED) is 0.924. The summed E-state index contributed by atoms with van der Waals surface area (Å²) < 4.78 is 0. The molecule has 6 heteroatoms. The largest absolute Gasteiger partial charge is 0.359 e. The fourth-order valence-electron chi connectivity index (χ4n) is 1.71. The summed E-state index contributed by atoms with van der Waals surface area (Å²) in [6.45, 7) is 8.08. The van der Waals surface area contributed by atoms with Crippen molar-refractivity contribution in [2.45, 2.75) is 40.2 Å². The Bertz CT molecular complexity index is 563. The third-order valence-corrected chi connectivity index (χ3v) is 4.39. The van der Waals surface area contributed by atoms with Gasteiger partial charge in [0.2, 0.25) is 0 Å². The monoisotopic (exact) mass is 296 g/mol. The lowest BCUT2D eigenvalue weighted by Gasteiger charge is -2.16. The molecule has 0 aliphatic carbocycles. The molecule has 1 atom stereocenters. The average molecular weight is 297 g/mol. The number of aryl methyl sites for hydroxylation is 3. The number of nitrogens with zero attached hydrogens (tertiary/aromatic N) is 3. The van der Waals surface area contributed by atoms with E-state index in [9.17, 15) is 0 Å². The van der Waals surface area contributed by atoms with Crippen LogP contribution in [0, 0.1) is 20.8 Å². The molecular formula is C13H17ClN4S. The Morgan fingerprint density at radius 2 is 2.05 bits per heavy atom. The van der Waals surface area contributed by atoms with E-state index in [-0.39, 0.29) is 6.04 Å². The Morgan fingerprint density at radius 3 is 2.63 bits per heavy atom. The van der Waals surface area contributed by atoms with E-state index in [1.165, 1.54) is 4.88 Å². The number of thiazole rings is 1. The van der Waals surface area contributed by atoms with E-state index in [1.807, 2.05) is 13.8 Å². The first-order chi connectivity index (χ1) is 9.01. The van der Waals surface area contributed by atoms with Gasteiger partial charge in [-0.05, 0) is 27.2 Å². The second-order valence-corrected chi connectivity index (χ2v) is 6.05. The minimum Gasteiger partial charge on any atom is -0.359 e. The molecule has 1 N–H and O–H groups in total. The van der Waals surface area contributed by atoms with Crippen molar-refractivity contribution in [3.63, 3.8) is 0 Å². The minimum absolute atomic E-state index is 0.129. The van der Waals surface area contributed by atoms with E-state index < -0.39 is 0 Å². The normalized spacial score (nSPS) is 12.5. The van der Waals surface area contributed by atoms with Crippen LogP contribution in [0.5, 0.6) is 0 Å². The van der Waals surface area contributed by atoms with E-state index in [1.54, 1.807) is 17.5 Å². The van der Waals surface area contributed by atoms with Crippen LogP contribution in [-0.4, -0.2) is 15.0 Å². The van der Waals surface area contributed by atoms with E-state index in [0.717, 1.165) is 17.1 Å². The van der Waals surface area contributed by atoms with Gasteiger partial charge in [-0.1, -0.05) is 18.5 Å². The van der Waals surface area contributed by atoms with Crippen LogP contribution in [0.25, 0.3) is 0 Å². The summed E-state index contributed by atoms with van der Waals surface area (Å²) in [5.74, 6) is 1.37. The van der Waals surface area contributed by atoms with E-state index in [4.69, 9.17) is 11.6 Å². The summed E-state index contributed by atoms with van der Waals surface area (Å²) >= 11 is 7.83. The molecule has 0 spiro atoms. The van der Waals surface area contributed by atoms with Crippen molar-refractivity contribution in [2.75, 3.05) is 5.32 Å². The third-order valence-electron chi connectivity index (χ3n) is 2.93. The molecule has 19 heavy (non-hydrogen) atoms. The molecule has 0 amide bonds. The molecule has 0 saturated heterocycles. The predicted octanol–water partition coefficient (Wildman–Crippen LogP) is 4.07. The standard InChI is InChI=1S/C13H17ClN4S/c1-5-11(13-16-7(2)8(3)19-13)18-12-10(14)6-15-9(4)17-12/h6,11H,5H2,1-4H3,(H,15,17,18). The molecule has 2 aromatic heterocycles. The number of halogens is 1. The average Bonchev–Trinajstić information content (AvgIpc) is 2.70. The molecule has 0 fully saturated rings. The second-order valence-electron chi connectivity index (χ2n) is 4.41. The molecule has 2 aromatic rings. The van der Waals surface area contributed by atoms with Gasteiger partial charge in [0.1, 0.15) is 21.7 Å². The third kappa shape index (κ3) is 3.22. The van der Waals surface area contributed by atoms with Crippen molar-refractivity contribution in [3.8, 4) is 0 Å².